The number of ether oxygens (including phenoxy) is 1. The maximum atomic E-state index is 11.3. The second-order valence-electron chi connectivity index (χ2n) is 5.18. The number of pyridine rings is 1. The first-order valence-corrected chi connectivity index (χ1v) is 7.28. The predicted octanol–water partition coefficient (Wildman–Crippen LogP) is 1.33. The number of rotatable bonds is 5. The molecule has 3 aromatic rings. The van der Waals surface area contributed by atoms with Gasteiger partial charge >= 0.3 is 0 Å². The largest absolute Gasteiger partial charge is 0.503 e. The molecule has 0 spiro atoms. The van der Waals surface area contributed by atoms with E-state index in [9.17, 15) is 9.90 Å². The smallest absolute Gasteiger partial charge is 0.223 e. The van der Waals surface area contributed by atoms with Crippen LogP contribution in [0.25, 0.3) is 11.3 Å². The van der Waals surface area contributed by atoms with E-state index in [0.717, 1.165) is 17.0 Å². The van der Waals surface area contributed by atoms with E-state index in [1.807, 2.05) is 24.3 Å². The van der Waals surface area contributed by atoms with Crippen LogP contribution in [-0.4, -0.2) is 31.9 Å². The molecule has 8 nitrogen and oxygen atoms in total. The van der Waals surface area contributed by atoms with E-state index in [1.165, 1.54) is 6.07 Å². The zero-order valence-corrected chi connectivity index (χ0v) is 13.3. The van der Waals surface area contributed by atoms with Crippen LogP contribution in [0.2, 0.25) is 0 Å². The normalized spacial score (nSPS) is 10.6. The standard InChI is InChI=1S/C16H17N5O3/c1-11-16(23)15(22)6-7-21(11)17-10-20-9-14(18-19-20)12-4-3-5-13(8-12)24-2/h3-9,17,23H,10H2,1-2H3. The molecule has 0 saturated carbocycles. The summed E-state index contributed by atoms with van der Waals surface area (Å²) in [5.41, 5.74) is 4.67. The van der Waals surface area contributed by atoms with Crippen LogP contribution in [0.1, 0.15) is 5.69 Å². The zero-order valence-electron chi connectivity index (χ0n) is 13.3. The molecule has 1 aromatic carbocycles. The summed E-state index contributed by atoms with van der Waals surface area (Å²) in [6, 6.07) is 8.84. The van der Waals surface area contributed by atoms with Crippen molar-refractivity contribution in [2.45, 2.75) is 13.6 Å². The quantitative estimate of drug-likeness (QED) is 0.734. The van der Waals surface area contributed by atoms with E-state index in [2.05, 4.69) is 15.7 Å². The van der Waals surface area contributed by atoms with Gasteiger partial charge in [0.15, 0.2) is 5.75 Å². The maximum absolute atomic E-state index is 11.3. The maximum Gasteiger partial charge on any atom is 0.223 e. The van der Waals surface area contributed by atoms with Crippen molar-refractivity contribution in [3.63, 3.8) is 0 Å². The Kier molecular flexibility index (Phi) is 4.19. The first-order valence-electron chi connectivity index (χ1n) is 7.28. The highest BCUT2D eigenvalue weighted by molar-refractivity contribution is 5.59. The van der Waals surface area contributed by atoms with Crippen molar-refractivity contribution in [1.82, 2.24) is 19.7 Å². The molecule has 0 saturated heterocycles. The van der Waals surface area contributed by atoms with E-state index in [4.69, 9.17) is 4.74 Å². The Morgan fingerprint density at radius 2 is 2.17 bits per heavy atom. The second kappa shape index (κ2) is 6.45. The van der Waals surface area contributed by atoms with E-state index < -0.39 is 5.43 Å². The summed E-state index contributed by atoms with van der Waals surface area (Å²) < 4.78 is 8.38. The van der Waals surface area contributed by atoms with Gasteiger partial charge in [-0.25, -0.2) is 4.68 Å². The van der Waals surface area contributed by atoms with Crippen molar-refractivity contribution >= 4 is 0 Å². The summed E-state index contributed by atoms with van der Waals surface area (Å²) in [6.45, 7) is 1.97. The summed E-state index contributed by atoms with van der Waals surface area (Å²) in [5, 5.41) is 17.9. The minimum absolute atomic E-state index is 0.277. The van der Waals surface area contributed by atoms with Crippen molar-refractivity contribution in [3.05, 3.63) is 58.6 Å². The van der Waals surface area contributed by atoms with Gasteiger partial charge in [0.1, 0.15) is 18.1 Å². The van der Waals surface area contributed by atoms with Crippen LogP contribution in [0.4, 0.5) is 0 Å². The van der Waals surface area contributed by atoms with Crippen LogP contribution >= 0.6 is 0 Å². The summed E-state index contributed by atoms with van der Waals surface area (Å²) in [4.78, 5) is 11.3. The number of methoxy groups -OCH3 is 1. The van der Waals surface area contributed by atoms with Gasteiger partial charge in [-0.3, -0.25) is 9.47 Å². The van der Waals surface area contributed by atoms with Gasteiger partial charge in [-0.05, 0) is 19.1 Å². The van der Waals surface area contributed by atoms with Crippen LogP contribution in [0.5, 0.6) is 11.5 Å². The van der Waals surface area contributed by atoms with Gasteiger partial charge in [0.05, 0.1) is 19.0 Å². The van der Waals surface area contributed by atoms with Crippen LogP contribution in [0.15, 0.2) is 47.5 Å². The van der Waals surface area contributed by atoms with Crippen molar-refractivity contribution in [1.29, 1.82) is 0 Å². The number of hydrogen-bond donors (Lipinski definition) is 2. The first-order chi connectivity index (χ1) is 11.6. The lowest BCUT2D eigenvalue weighted by Crippen LogP contribution is -2.22. The van der Waals surface area contributed by atoms with E-state index in [1.54, 1.807) is 35.8 Å². The van der Waals surface area contributed by atoms with Gasteiger partial charge in [0.2, 0.25) is 5.43 Å². The second-order valence-corrected chi connectivity index (χ2v) is 5.18. The molecule has 0 bridgehead atoms. The average molecular weight is 327 g/mol. The van der Waals surface area contributed by atoms with Gasteiger partial charge in [0, 0.05) is 17.8 Å². The molecule has 0 aliphatic carbocycles. The molecule has 0 unspecified atom stereocenters. The highest BCUT2D eigenvalue weighted by atomic mass is 16.5. The highest BCUT2D eigenvalue weighted by Gasteiger charge is 2.07. The molecule has 0 amide bonds. The van der Waals surface area contributed by atoms with Crippen LogP contribution in [0, 0.1) is 6.92 Å². The van der Waals surface area contributed by atoms with Crippen LogP contribution < -0.4 is 15.6 Å². The fourth-order valence-electron chi connectivity index (χ4n) is 2.24. The molecule has 2 heterocycles. The molecule has 0 aliphatic heterocycles. The third kappa shape index (κ3) is 3.07. The van der Waals surface area contributed by atoms with Crippen LogP contribution in [0.3, 0.4) is 0 Å². The summed E-state index contributed by atoms with van der Waals surface area (Å²) >= 11 is 0. The van der Waals surface area contributed by atoms with Crippen LogP contribution in [-0.2, 0) is 6.67 Å². The molecular formula is C16H17N5O3. The van der Waals surface area contributed by atoms with Gasteiger partial charge in [-0.15, -0.1) is 5.10 Å². The third-order valence-corrected chi connectivity index (χ3v) is 3.62. The Hall–Kier alpha value is -3.29. The molecule has 3 rings (SSSR count). The molecule has 2 N–H and O–H groups in total. The summed E-state index contributed by atoms with van der Waals surface area (Å²) in [6.07, 6.45) is 3.34. The Morgan fingerprint density at radius 3 is 2.96 bits per heavy atom. The van der Waals surface area contributed by atoms with Crippen molar-refractivity contribution in [3.8, 4) is 22.8 Å². The van der Waals surface area contributed by atoms with Gasteiger partial charge in [0.25, 0.3) is 0 Å². The lowest BCUT2D eigenvalue weighted by Gasteiger charge is -2.13. The van der Waals surface area contributed by atoms with Crippen molar-refractivity contribution in [2.75, 3.05) is 12.5 Å². The Bertz CT molecular complexity index is 916. The van der Waals surface area contributed by atoms with Crippen molar-refractivity contribution in [2.24, 2.45) is 0 Å². The minimum Gasteiger partial charge on any atom is -0.503 e. The molecule has 2 aromatic heterocycles. The monoisotopic (exact) mass is 327 g/mol. The van der Waals surface area contributed by atoms with Gasteiger partial charge in [-0.1, -0.05) is 17.3 Å². The summed E-state index contributed by atoms with van der Waals surface area (Å²) in [5.74, 6) is 0.472. The number of hydrogen-bond acceptors (Lipinski definition) is 6. The van der Waals surface area contributed by atoms with Gasteiger partial charge < -0.3 is 15.3 Å². The molecule has 124 valence electrons. The van der Waals surface area contributed by atoms with Crippen molar-refractivity contribution < 1.29 is 9.84 Å². The fourth-order valence-corrected chi connectivity index (χ4v) is 2.24. The highest BCUT2D eigenvalue weighted by Crippen LogP contribution is 2.21. The predicted molar refractivity (Wildman–Crippen MR) is 88.5 cm³/mol. The zero-order chi connectivity index (χ0) is 17.1. The van der Waals surface area contributed by atoms with Gasteiger partial charge in [-0.2, -0.15) is 0 Å². The number of nitrogens with one attached hydrogen (secondary N) is 1. The fraction of sp³-hybridized carbons (Fsp3) is 0.188. The number of nitrogens with zero attached hydrogens (tertiary/aromatic N) is 4. The Labute approximate surface area is 137 Å². The SMILES string of the molecule is COc1cccc(-c2cn(CNn3ccc(=O)c(O)c3C)nn2)c1. The molecule has 8 heteroatoms. The molecule has 0 fully saturated rings. The molecule has 0 atom stereocenters. The lowest BCUT2D eigenvalue weighted by molar-refractivity contribution is 0.415. The third-order valence-electron chi connectivity index (χ3n) is 3.62. The average Bonchev–Trinajstić information content (AvgIpc) is 3.08. The number of aromatic nitrogens is 4. The topological polar surface area (TPSA) is 94.2 Å². The molecule has 0 aliphatic rings. The number of aromatic hydroxyl groups is 1. The minimum atomic E-state index is -0.411. The first kappa shape index (κ1) is 15.6. The lowest BCUT2D eigenvalue weighted by atomic mass is 10.1. The Balaban J connectivity index is 1.75. The molecule has 24 heavy (non-hydrogen) atoms. The van der Waals surface area contributed by atoms with E-state index in [0.29, 0.717) is 12.4 Å². The van der Waals surface area contributed by atoms with E-state index in [-0.39, 0.29) is 5.75 Å². The Morgan fingerprint density at radius 1 is 1.33 bits per heavy atom. The molecular weight excluding hydrogens is 310 g/mol. The summed E-state index contributed by atoms with van der Waals surface area (Å²) in [7, 11) is 1.61. The molecule has 0 radical (unpaired) electrons. The van der Waals surface area contributed by atoms with E-state index >= 15 is 0 Å². The number of benzene rings is 1.